The van der Waals surface area contributed by atoms with Crippen molar-refractivity contribution in [3.8, 4) is 11.1 Å². The zero-order chi connectivity index (χ0) is 29.3. The maximum absolute atomic E-state index is 13.2. The van der Waals surface area contributed by atoms with Crippen molar-refractivity contribution in [3.05, 3.63) is 60.2 Å². The van der Waals surface area contributed by atoms with Crippen molar-refractivity contribution in [1.82, 2.24) is 16.0 Å². The van der Waals surface area contributed by atoms with E-state index in [1.807, 2.05) is 68.4 Å². The lowest BCUT2D eigenvalue weighted by Gasteiger charge is -2.25. The van der Waals surface area contributed by atoms with Gasteiger partial charge in [0, 0.05) is 13.1 Å². The normalized spacial score (nSPS) is 12.3. The Hall–Kier alpha value is -3.92. The molecule has 218 valence electrons. The van der Waals surface area contributed by atoms with Gasteiger partial charge in [-0.3, -0.25) is 19.4 Å². The molecule has 2 aromatic rings. The number of hydrogen-bond acceptors (Lipinski definition) is 5. The van der Waals surface area contributed by atoms with Crippen molar-refractivity contribution in [1.29, 1.82) is 0 Å². The summed E-state index contributed by atoms with van der Waals surface area (Å²) >= 11 is 0. The van der Waals surface area contributed by atoms with Crippen molar-refractivity contribution in [2.24, 2.45) is 28.1 Å². The topological polar surface area (TPSA) is 178 Å². The van der Waals surface area contributed by atoms with Crippen molar-refractivity contribution in [3.63, 3.8) is 0 Å². The molecular formula is C30H45N7O3. The highest BCUT2D eigenvalue weighted by Crippen LogP contribution is 2.19. The number of rotatable bonds is 17. The number of benzene rings is 2. The quantitative estimate of drug-likeness (QED) is 0.0992. The molecule has 0 spiro atoms. The van der Waals surface area contributed by atoms with Crippen molar-refractivity contribution < 1.29 is 14.4 Å². The number of nitrogens with one attached hydrogen (secondary N) is 3. The van der Waals surface area contributed by atoms with Crippen LogP contribution in [0.2, 0.25) is 0 Å². The fourth-order valence-electron chi connectivity index (χ4n) is 4.19. The molecule has 2 atom stereocenters. The summed E-state index contributed by atoms with van der Waals surface area (Å²) in [6, 6.07) is 16.3. The summed E-state index contributed by atoms with van der Waals surface area (Å²) < 4.78 is 0. The number of nitrogens with two attached hydrogens (primary N) is 3. The maximum atomic E-state index is 13.2. The first kappa shape index (κ1) is 32.3. The van der Waals surface area contributed by atoms with E-state index < -0.39 is 12.1 Å². The van der Waals surface area contributed by atoms with Crippen LogP contribution >= 0.6 is 0 Å². The minimum absolute atomic E-state index is 0.0412. The molecule has 9 N–H and O–H groups in total. The van der Waals surface area contributed by atoms with Gasteiger partial charge in [-0.2, -0.15) is 0 Å². The Morgan fingerprint density at radius 2 is 1.50 bits per heavy atom. The number of guanidine groups is 1. The molecule has 10 nitrogen and oxygen atoms in total. The van der Waals surface area contributed by atoms with E-state index in [1.54, 1.807) is 0 Å². The van der Waals surface area contributed by atoms with Crippen molar-refractivity contribution >= 4 is 23.7 Å². The molecule has 2 rings (SSSR count). The van der Waals surface area contributed by atoms with E-state index in [2.05, 4.69) is 20.9 Å². The van der Waals surface area contributed by atoms with Crippen LogP contribution < -0.4 is 33.2 Å². The molecule has 2 aromatic carbocycles. The lowest BCUT2D eigenvalue weighted by molar-refractivity contribution is -0.133. The van der Waals surface area contributed by atoms with Gasteiger partial charge in [-0.25, -0.2) is 0 Å². The number of hydrogen-bond donors (Lipinski definition) is 6. The largest absolute Gasteiger partial charge is 0.370 e. The van der Waals surface area contributed by atoms with E-state index in [4.69, 9.17) is 17.2 Å². The van der Waals surface area contributed by atoms with Crippen LogP contribution in [0, 0.1) is 5.92 Å². The second-order valence-corrected chi connectivity index (χ2v) is 10.2. The van der Waals surface area contributed by atoms with E-state index in [-0.39, 0.29) is 36.0 Å². The van der Waals surface area contributed by atoms with Crippen LogP contribution in [0.25, 0.3) is 11.1 Å². The second-order valence-electron chi connectivity index (χ2n) is 10.2. The lowest BCUT2D eigenvalue weighted by atomic mass is 10.0. The first-order valence-electron chi connectivity index (χ1n) is 14.0. The molecule has 0 bridgehead atoms. The number of amides is 3. The zero-order valence-electron chi connectivity index (χ0n) is 23.7. The summed E-state index contributed by atoms with van der Waals surface area (Å²) in [4.78, 5) is 42.9. The highest BCUT2D eigenvalue weighted by Gasteiger charge is 2.28. The molecule has 0 fully saturated rings. The highest BCUT2D eigenvalue weighted by atomic mass is 16.2. The van der Waals surface area contributed by atoms with Gasteiger partial charge in [0.05, 0.1) is 6.42 Å². The van der Waals surface area contributed by atoms with Gasteiger partial charge in [-0.1, -0.05) is 68.4 Å². The number of carbonyl (C=O) groups excluding carboxylic acids is 3. The molecule has 0 aliphatic carbocycles. The predicted molar refractivity (Wildman–Crippen MR) is 160 cm³/mol. The predicted octanol–water partition coefficient (Wildman–Crippen LogP) is 1.82. The van der Waals surface area contributed by atoms with E-state index in [0.29, 0.717) is 38.9 Å². The van der Waals surface area contributed by atoms with Gasteiger partial charge in [-0.05, 0) is 61.3 Å². The minimum Gasteiger partial charge on any atom is -0.370 e. The monoisotopic (exact) mass is 551 g/mol. The van der Waals surface area contributed by atoms with Crippen LogP contribution in [0.3, 0.4) is 0 Å². The Morgan fingerprint density at radius 1 is 0.825 bits per heavy atom. The summed E-state index contributed by atoms with van der Waals surface area (Å²) in [5.41, 5.74) is 19.3. The van der Waals surface area contributed by atoms with Crippen molar-refractivity contribution in [2.45, 2.75) is 64.5 Å². The van der Waals surface area contributed by atoms with E-state index in [9.17, 15) is 14.4 Å². The lowest BCUT2D eigenvalue weighted by Crippen LogP contribution is -2.55. The summed E-state index contributed by atoms with van der Waals surface area (Å²) in [7, 11) is 0. The molecule has 0 aliphatic heterocycles. The Kier molecular flexibility index (Phi) is 14.2. The molecule has 0 saturated heterocycles. The van der Waals surface area contributed by atoms with Crippen LogP contribution in [-0.4, -0.2) is 55.4 Å². The number of unbranched alkanes of at least 4 members (excludes halogenated alkanes) is 2. The fraction of sp³-hybridized carbons (Fsp3) is 0.467. The van der Waals surface area contributed by atoms with Gasteiger partial charge in [0.1, 0.15) is 12.1 Å². The smallest absolute Gasteiger partial charge is 0.243 e. The van der Waals surface area contributed by atoms with Gasteiger partial charge in [0.15, 0.2) is 5.96 Å². The third-order valence-corrected chi connectivity index (χ3v) is 6.45. The van der Waals surface area contributed by atoms with Crippen molar-refractivity contribution in [2.75, 3.05) is 19.6 Å². The third-order valence-electron chi connectivity index (χ3n) is 6.45. The molecule has 40 heavy (non-hydrogen) atoms. The highest BCUT2D eigenvalue weighted by molar-refractivity contribution is 5.92. The Balaban J connectivity index is 1.95. The van der Waals surface area contributed by atoms with Gasteiger partial charge < -0.3 is 33.2 Å². The zero-order valence-corrected chi connectivity index (χ0v) is 23.7. The molecule has 0 saturated carbocycles. The van der Waals surface area contributed by atoms with Crippen LogP contribution in [0.1, 0.15) is 51.5 Å². The number of aliphatic imine (C=N–C) groups is 1. The van der Waals surface area contributed by atoms with E-state index >= 15 is 0 Å². The summed E-state index contributed by atoms with van der Waals surface area (Å²) in [5.74, 6) is -1.04. The molecular weight excluding hydrogens is 506 g/mol. The van der Waals surface area contributed by atoms with E-state index in [0.717, 1.165) is 29.5 Å². The second kappa shape index (κ2) is 17.6. The molecule has 10 heteroatoms. The Labute approximate surface area is 237 Å². The van der Waals surface area contributed by atoms with Crippen LogP contribution in [0.5, 0.6) is 0 Å². The standard InChI is InChI=1S/C30H45N7O3/c1-21(2)27(37-26(38)20-22-13-15-24(16-14-22)23-10-4-3-5-11-23)29(40)36-25(12-6-7-17-31)28(39)34-18-8-9-19-35-30(32)33/h3-5,10-11,13-16,21,25,27H,6-9,12,17-20,31H2,1-2H3,(H,34,39)(H,36,40)(H,37,38)(H4,32,33,35)/t25-,27-/m0/s1. The molecule has 3 amide bonds. The summed E-state index contributed by atoms with van der Waals surface area (Å²) in [6.07, 6.45) is 3.45. The number of carbonyl (C=O) groups is 3. The average molecular weight is 552 g/mol. The molecule has 0 aliphatic rings. The summed E-state index contributed by atoms with van der Waals surface area (Å²) in [5, 5.41) is 8.60. The van der Waals surface area contributed by atoms with Gasteiger partial charge >= 0.3 is 0 Å². The van der Waals surface area contributed by atoms with Crippen LogP contribution in [-0.2, 0) is 20.8 Å². The maximum Gasteiger partial charge on any atom is 0.243 e. The fourth-order valence-corrected chi connectivity index (χ4v) is 4.19. The van der Waals surface area contributed by atoms with Crippen LogP contribution in [0.4, 0.5) is 0 Å². The summed E-state index contributed by atoms with van der Waals surface area (Å²) in [6.45, 7) is 5.15. The third kappa shape index (κ3) is 11.9. The van der Waals surface area contributed by atoms with Gasteiger partial charge in [0.2, 0.25) is 17.7 Å². The van der Waals surface area contributed by atoms with Crippen LogP contribution in [0.15, 0.2) is 59.6 Å². The minimum atomic E-state index is -0.777. The van der Waals surface area contributed by atoms with Gasteiger partial charge in [-0.15, -0.1) is 0 Å². The molecule has 0 unspecified atom stereocenters. The number of nitrogens with zero attached hydrogens (tertiary/aromatic N) is 1. The molecule has 0 radical (unpaired) electrons. The first-order chi connectivity index (χ1) is 19.2. The Bertz CT molecular complexity index is 1080. The molecule has 0 heterocycles. The van der Waals surface area contributed by atoms with E-state index in [1.165, 1.54) is 0 Å². The SMILES string of the molecule is CC(C)[C@H](NC(=O)Cc1ccc(-c2ccccc2)cc1)C(=O)N[C@@H](CCCCN)C(=O)NCCCCN=C(N)N. The average Bonchev–Trinajstić information content (AvgIpc) is 2.93. The molecule has 0 aromatic heterocycles. The van der Waals surface area contributed by atoms with Gasteiger partial charge in [0.25, 0.3) is 0 Å². The first-order valence-corrected chi connectivity index (χ1v) is 14.0. The Morgan fingerprint density at radius 3 is 2.12 bits per heavy atom.